The van der Waals surface area contributed by atoms with E-state index in [4.69, 9.17) is 4.74 Å². The molecule has 8 heteroatoms. The van der Waals surface area contributed by atoms with Crippen molar-refractivity contribution in [2.75, 3.05) is 55.7 Å². The standard InChI is InChI=1S/C22H33N5O3/c1-2-30-22(29)18-7-13-27(14-8-18)21(28)17-5-11-25(12-6-17)19-15-23-16-24-20(19)26-9-3-4-10-26/h15-18H,2-14H2,1H3. The number of carbonyl (C=O) groups excluding carboxylic acids is 2. The lowest BCUT2D eigenvalue weighted by Gasteiger charge is -2.38. The topological polar surface area (TPSA) is 78.9 Å². The lowest BCUT2D eigenvalue weighted by Crippen LogP contribution is -2.46. The molecule has 0 N–H and O–H groups in total. The lowest BCUT2D eigenvalue weighted by atomic mass is 9.92. The van der Waals surface area contributed by atoms with Crippen LogP contribution >= 0.6 is 0 Å². The number of amides is 1. The molecule has 1 amide bonds. The average molecular weight is 416 g/mol. The Morgan fingerprint density at radius 3 is 2.30 bits per heavy atom. The van der Waals surface area contributed by atoms with Gasteiger partial charge >= 0.3 is 5.97 Å². The first-order valence-electron chi connectivity index (χ1n) is 11.4. The van der Waals surface area contributed by atoms with Gasteiger partial charge in [-0.2, -0.15) is 0 Å². The van der Waals surface area contributed by atoms with Crippen molar-refractivity contribution in [3.63, 3.8) is 0 Å². The number of likely N-dealkylation sites (tertiary alicyclic amines) is 1. The van der Waals surface area contributed by atoms with Crippen LogP contribution in [-0.4, -0.2) is 72.6 Å². The smallest absolute Gasteiger partial charge is 0.309 e. The minimum Gasteiger partial charge on any atom is -0.466 e. The second-order valence-corrected chi connectivity index (χ2v) is 8.54. The average Bonchev–Trinajstić information content (AvgIpc) is 3.34. The third kappa shape index (κ3) is 4.52. The van der Waals surface area contributed by atoms with Gasteiger partial charge in [0.1, 0.15) is 6.33 Å². The number of anilines is 2. The van der Waals surface area contributed by atoms with Crippen LogP contribution in [0.2, 0.25) is 0 Å². The molecule has 3 aliphatic rings. The number of nitrogens with zero attached hydrogens (tertiary/aromatic N) is 5. The van der Waals surface area contributed by atoms with E-state index in [-0.39, 0.29) is 23.7 Å². The van der Waals surface area contributed by atoms with E-state index in [1.807, 2.05) is 18.0 Å². The first kappa shape index (κ1) is 20.9. The summed E-state index contributed by atoms with van der Waals surface area (Å²) in [6, 6.07) is 0. The van der Waals surface area contributed by atoms with Gasteiger partial charge in [-0.15, -0.1) is 0 Å². The number of piperidine rings is 2. The highest BCUT2D eigenvalue weighted by Crippen LogP contribution is 2.32. The predicted molar refractivity (Wildman–Crippen MR) is 114 cm³/mol. The van der Waals surface area contributed by atoms with Crippen LogP contribution in [-0.2, 0) is 14.3 Å². The second kappa shape index (κ2) is 9.62. The Balaban J connectivity index is 1.30. The monoisotopic (exact) mass is 415 g/mol. The lowest BCUT2D eigenvalue weighted by molar-refractivity contribution is -0.151. The molecule has 4 rings (SSSR count). The minimum absolute atomic E-state index is 0.0575. The van der Waals surface area contributed by atoms with E-state index in [1.54, 1.807) is 6.33 Å². The molecule has 1 aromatic heterocycles. The molecular formula is C22H33N5O3. The van der Waals surface area contributed by atoms with Gasteiger partial charge in [-0.1, -0.05) is 0 Å². The summed E-state index contributed by atoms with van der Waals surface area (Å²) in [5.74, 6) is 1.18. The molecule has 0 saturated carbocycles. The molecule has 0 atom stereocenters. The van der Waals surface area contributed by atoms with E-state index in [1.165, 1.54) is 12.8 Å². The van der Waals surface area contributed by atoms with E-state index >= 15 is 0 Å². The van der Waals surface area contributed by atoms with Crippen molar-refractivity contribution in [1.82, 2.24) is 14.9 Å². The Morgan fingerprint density at radius 2 is 1.63 bits per heavy atom. The van der Waals surface area contributed by atoms with Gasteiger partial charge in [0.2, 0.25) is 5.91 Å². The summed E-state index contributed by atoms with van der Waals surface area (Å²) in [5, 5.41) is 0. The predicted octanol–water partition coefficient (Wildman–Crippen LogP) is 2.09. The second-order valence-electron chi connectivity index (χ2n) is 8.54. The van der Waals surface area contributed by atoms with E-state index in [0.29, 0.717) is 32.5 Å². The normalized spacial score (nSPS) is 21.2. The molecular weight excluding hydrogens is 382 g/mol. The SMILES string of the molecule is CCOC(=O)C1CCN(C(=O)C2CCN(c3cncnc3N3CCCC3)CC2)CC1. The number of hydrogen-bond acceptors (Lipinski definition) is 7. The summed E-state index contributed by atoms with van der Waals surface area (Å²) in [4.78, 5) is 40.4. The fourth-order valence-corrected chi connectivity index (χ4v) is 4.93. The van der Waals surface area contributed by atoms with Crippen molar-refractivity contribution in [2.24, 2.45) is 11.8 Å². The third-order valence-corrected chi connectivity index (χ3v) is 6.69. The minimum atomic E-state index is -0.114. The molecule has 8 nitrogen and oxygen atoms in total. The molecule has 0 spiro atoms. The largest absolute Gasteiger partial charge is 0.466 e. The number of rotatable bonds is 5. The highest BCUT2D eigenvalue weighted by Gasteiger charge is 2.33. The van der Waals surface area contributed by atoms with Crippen LogP contribution in [0.4, 0.5) is 11.5 Å². The number of carbonyl (C=O) groups is 2. The van der Waals surface area contributed by atoms with Crippen molar-refractivity contribution >= 4 is 23.4 Å². The Kier molecular flexibility index (Phi) is 6.69. The highest BCUT2D eigenvalue weighted by molar-refractivity contribution is 5.80. The zero-order chi connectivity index (χ0) is 20.9. The molecule has 3 aliphatic heterocycles. The fraction of sp³-hybridized carbons (Fsp3) is 0.727. The molecule has 0 aromatic carbocycles. The first-order chi connectivity index (χ1) is 14.7. The molecule has 0 radical (unpaired) electrons. The van der Waals surface area contributed by atoms with E-state index in [0.717, 1.165) is 50.5 Å². The first-order valence-corrected chi connectivity index (χ1v) is 11.4. The molecule has 0 unspecified atom stereocenters. The molecule has 3 saturated heterocycles. The van der Waals surface area contributed by atoms with Crippen LogP contribution in [0.15, 0.2) is 12.5 Å². The van der Waals surface area contributed by atoms with Crippen molar-refractivity contribution in [3.8, 4) is 0 Å². The van der Waals surface area contributed by atoms with E-state index in [2.05, 4.69) is 19.8 Å². The Morgan fingerprint density at radius 1 is 0.967 bits per heavy atom. The van der Waals surface area contributed by atoms with Gasteiger partial charge < -0.3 is 19.4 Å². The summed E-state index contributed by atoms with van der Waals surface area (Å²) < 4.78 is 5.13. The van der Waals surface area contributed by atoms with Gasteiger partial charge in [0.05, 0.1) is 24.4 Å². The van der Waals surface area contributed by atoms with Crippen LogP contribution in [0.1, 0.15) is 45.4 Å². The maximum atomic E-state index is 13.0. The van der Waals surface area contributed by atoms with Crippen LogP contribution in [0.5, 0.6) is 0 Å². The van der Waals surface area contributed by atoms with Crippen molar-refractivity contribution < 1.29 is 14.3 Å². The van der Waals surface area contributed by atoms with Gasteiger partial charge in [-0.3, -0.25) is 9.59 Å². The maximum absolute atomic E-state index is 13.0. The molecule has 3 fully saturated rings. The van der Waals surface area contributed by atoms with Crippen LogP contribution in [0, 0.1) is 11.8 Å². The van der Waals surface area contributed by atoms with Gasteiger partial charge in [-0.05, 0) is 45.4 Å². The van der Waals surface area contributed by atoms with E-state index < -0.39 is 0 Å². The van der Waals surface area contributed by atoms with Crippen LogP contribution in [0.25, 0.3) is 0 Å². The van der Waals surface area contributed by atoms with Crippen molar-refractivity contribution in [1.29, 1.82) is 0 Å². The Labute approximate surface area is 178 Å². The molecule has 0 bridgehead atoms. The van der Waals surface area contributed by atoms with Gasteiger partial charge in [0, 0.05) is 45.2 Å². The van der Waals surface area contributed by atoms with Gasteiger partial charge in [0.15, 0.2) is 5.82 Å². The summed E-state index contributed by atoms with van der Waals surface area (Å²) in [6.45, 7) is 7.39. The van der Waals surface area contributed by atoms with Crippen molar-refractivity contribution in [3.05, 3.63) is 12.5 Å². The molecule has 4 heterocycles. The fourth-order valence-electron chi connectivity index (χ4n) is 4.93. The van der Waals surface area contributed by atoms with E-state index in [9.17, 15) is 9.59 Å². The zero-order valence-corrected chi connectivity index (χ0v) is 18.0. The molecule has 164 valence electrons. The molecule has 0 aliphatic carbocycles. The van der Waals surface area contributed by atoms with Crippen LogP contribution < -0.4 is 9.80 Å². The number of hydrogen-bond donors (Lipinski definition) is 0. The third-order valence-electron chi connectivity index (χ3n) is 6.69. The summed E-state index contributed by atoms with van der Waals surface area (Å²) in [6.07, 6.45) is 9.11. The summed E-state index contributed by atoms with van der Waals surface area (Å²) >= 11 is 0. The van der Waals surface area contributed by atoms with Crippen molar-refractivity contribution in [2.45, 2.75) is 45.4 Å². The number of ether oxygens (including phenoxy) is 1. The quantitative estimate of drug-likeness (QED) is 0.682. The number of esters is 1. The Bertz CT molecular complexity index is 736. The molecule has 30 heavy (non-hydrogen) atoms. The Hall–Kier alpha value is -2.38. The number of aromatic nitrogens is 2. The maximum Gasteiger partial charge on any atom is 0.309 e. The highest BCUT2D eigenvalue weighted by atomic mass is 16.5. The zero-order valence-electron chi connectivity index (χ0n) is 18.0. The molecule has 1 aromatic rings. The summed E-state index contributed by atoms with van der Waals surface area (Å²) in [5.41, 5.74) is 1.10. The van der Waals surface area contributed by atoms with Crippen LogP contribution in [0.3, 0.4) is 0 Å². The van der Waals surface area contributed by atoms with Gasteiger partial charge in [-0.25, -0.2) is 9.97 Å². The summed E-state index contributed by atoms with van der Waals surface area (Å²) in [7, 11) is 0. The van der Waals surface area contributed by atoms with Gasteiger partial charge in [0.25, 0.3) is 0 Å².